The van der Waals surface area contributed by atoms with Gasteiger partial charge >= 0.3 is 0 Å². The molecule has 1 heterocycles. The molecule has 0 radical (unpaired) electrons. The largest absolute Gasteiger partial charge is 0.380 e. The summed E-state index contributed by atoms with van der Waals surface area (Å²) in [5.74, 6) is 0. The minimum absolute atomic E-state index is 0.421. The van der Waals surface area contributed by atoms with Gasteiger partial charge < -0.3 is 5.32 Å². The molecule has 0 aliphatic carbocycles. The maximum absolute atomic E-state index is 6.23. The van der Waals surface area contributed by atoms with Crippen LogP contribution in [0.2, 0.25) is 10.0 Å². The molecule has 2 aromatic rings. The predicted molar refractivity (Wildman–Crippen MR) is 90.2 cm³/mol. The molecule has 0 aromatic heterocycles. The second-order valence-electron chi connectivity index (χ2n) is 5.45. The normalized spacial score (nSPS) is 18.9. The molecule has 1 atom stereocenters. The van der Waals surface area contributed by atoms with Crippen LogP contribution in [-0.4, -0.2) is 24.0 Å². The number of nitrogens with one attached hydrogen (secondary N) is 1. The van der Waals surface area contributed by atoms with Crippen LogP contribution in [0.25, 0.3) is 0 Å². The first kappa shape index (κ1) is 14.7. The van der Waals surface area contributed by atoms with Crippen LogP contribution < -0.4 is 5.32 Å². The maximum Gasteiger partial charge on any atom is 0.0823 e. The monoisotopic (exact) mass is 320 g/mol. The second-order valence-corrected chi connectivity index (χ2v) is 6.24. The quantitative estimate of drug-likeness (QED) is 0.879. The Kier molecular flexibility index (Phi) is 4.69. The number of hydrogen-bond acceptors (Lipinski definition) is 2. The zero-order chi connectivity index (χ0) is 14.7. The summed E-state index contributed by atoms with van der Waals surface area (Å²) >= 11 is 12.3. The molecule has 2 aromatic carbocycles. The van der Waals surface area contributed by atoms with Gasteiger partial charge in [0.2, 0.25) is 0 Å². The van der Waals surface area contributed by atoms with Crippen LogP contribution in [0.1, 0.15) is 12.0 Å². The molecule has 0 amide bonds. The lowest BCUT2D eigenvalue weighted by Crippen LogP contribution is -2.26. The minimum atomic E-state index is 0.421. The molecule has 3 rings (SSSR count). The molecule has 0 saturated carbocycles. The summed E-state index contributed by atoms with van der Waals surface area (Å²) in [6.45, 7) is 3.13. The molecule has 2 nitrogen and oxygen atoms in total. The average molecular weight is 321 g/mol. The van der Waals surface area contributed by atoms with Crippen LogP contribution in [0.15, 0.2) is 48.5 Å². The highest BCUT2D eigenvalue weighted by molar-refractivity contribution is 6.43. The fourth-order valence-electron chi connectivity index (χ4n) is 2.77. The number of halogens is 2. The van der Waals surface area contributed by atoms with E-state index in [2.05, 4.69) is 40.5 Å². The summed E-state index contributed by atoms with van der Waals surface area (Å²) in [4.78, 5) is 2.46. The van der Waals surface area contributed by atoms with Crippen molar-refractivity contribution in [3.05, 3.63) is 64.1 Å². The van der Waals surface area contributed by atoms with E-state index >= 15 is 0 Å². The van der Waals surface area contributed by atoms with E-state index in [1.165, 1.54) is 5.56 Å². The Morgan fingerprint density at radius 2 is 1.86 bits per heavy atom. The fourth-order valence-corrected chi connectivity index (χ4v) is 3.13. The topological polar surface area (TPSA) is 15.3 Å². The van der Waals surface area contributed by atoms with Crippen molar-refractivity contribution in [2.75, 3.05) is 18.4 Å². The first-order chi connectivity index (χ1) is 10.2. The molecule has 21 heavy (non-hydrogen) atoms. The first-order valence-corrected chi connectivity index (χ1v) is 7.95. The second kappa shape index (κ2) is 6.69. The molecule has 0 bridgehead atoms. The molecule has 0 spiro atoms. The third kappa shape index (κ3) is 3.70. The Balaban J connectivity index is 1.59. The highest BCUT2D eigenvalue weighted by atomic mass is 35.5. The van der Waals surface area contributed by atoms with E-state index in [-0.39, 0.29) is 0 Å². The average Bonchev–Trinajstić information content (AvgIpc) is 2.92. The highest BCUT2D eigenvalue weighted by Gasteiger charge is 2.23. The highest BCUT2D eigenvalue weighted by Crippen LogP contribution is 2.31. The van der Waals surface area contributed by atoms with Crippen molar-refractivity contribution in [3.63, 3.8) is 0 Å². The van der Waals surface area contributed by atoms with E-state index in [0.29, 0.717) is 16.1 Å². The van der Waals surface area contributed by atoms with Crippen molar-refractivity contribution in [3.8, 4) is 0 Å². The Labute approximate surface area is 135 Å². The molecule has 1 aliphatic rings. The standard InChI is InChI=1S/C17H18Cl2N2/c18-15-7-4-8-16(17(15)19)20-14-9-10-21(12-14)11-13-5-2-1-3-6-13/h1-8,14,20H,9-12H2. The van der Waals surface area contributed by atoms with Gasteiger partial charge in [-0.3, -0.25) is 4.90 Å². The zero-order valence-corrected chi connectivity index (χ0v) is 13.2. The third-order valence-corrected chi connectivity index (χ3v) is 4.65. The van der Waals surface area contributed by atoms with Crippen LogP contribution in [0.4, 0.5) is 5.69 Å². The predicted octanol–water partition coefficient (Wildman–Crippen LogP) is 4.68. The van der Waals surface area contributed by atoms with E-state index in [1.54, 1.807) is 0 Å². The maximum atomic E-state index is 6.23. The van der Waals surface area contributed by atoms with Gasteiger partial charge in [-0.05, 0) is 24.1 Å². The number of nitrogens with zero attached hydrogens (tertiary/aromatic N) is 1. The zero-order valence-electron chi connectivity index (χ0n) is 11.7. The summed E-state index contributed by atoms with van der Waals surface area (Å²) < 4.78 is 0. The summed E-state index contributed by atoms with van der Waals surface area (Å²) in [6, 6.07) is 16.7. The van der Waals surface area contributed by atoms with Crippen molar-refractivity contribution < 1.29 is 0 Å². The van der Waals surface area contributed by atoms with E-state index in [9.17, 15) is 0 Å². The van der Waals surface area contributed by atoms with Gasteiger partial charge in [-0.15, -0.1) is 0 Å². The molecule has 1 N–H and O–H groups in total. The van der Waals surface area contributed by atoms with Gasteiger partial charge in [-0.2, -0.15) is 0 Å². The molecular formula is C17H18Cl2N2. The lowest BCUT2D eigenvalue weighted by molar-refractivity contribution is 0.328. The van der Waals surface area contributed by atoms with Gasteiger partial charge in [-0.25, -0.2) is 0 Å². The fraction of sp³-hybridized carbons (Fsp3) is 0.294. The molecule has 1 unspecified atom stereocenters. The van der Waals surface area contributed by atoms with E-state index in [4.69, 9.17) is 23.2 Å². The van der Waals surface area contributed by atoms with Crippen LogP contribution >= 0.6 is 23.2 Å². The van der Waals surface area contributed by atoms with Crippen molar-refractivity contribution >= 4 is 28.9 Å². The lowest BCUT2D eigenvalue weighted by Gasteiger charge is -2.18. The molecular weight excluding hydrogens is 303 g/mol. The summed E-state index contributed by atoms with van der Waals surface area (Å²) in [6.07, 6.45) is 1.12. The SMILES string of the molecule is Clc1cccc(NC2CCN(Cc3ccccc3)C2)c1Cl. The van der Waals surface area contributed by atoms with E-state index in [1.807, 2.05) is 18.2 Å². The van der Waals surface area contributed by atoms with Crippen LogP contribution in [0, 0.1) is 0 Å². The van der Waals surface area contributed by atoms with Gasteiger partial charge in [0, 0.05) is 25.7 Å². The Bertz CT molecular complexity index is 601. The van der Waals surface area contributed by atoms with Crippen LogP contribution in [0.3, 0.4) is 0 Å². The first-order valence-electron chi connectivity index (χ1n) is 7.19. The van der Waals surface area contributed by atoms with E-state index in [0.717, 1.165) is 31.7 Å². The minimum Gasteiger partial charge on any atom is -0.380 e. The molecule has 1 aliphatic heterocycles. The van der Waals surface area contributed by atoms with Gasteiger partial charge in [-0.1, -0.05) is 59.6 Å². The molecule has 110 valence electrons. The van der Waals surface area contributed by atoms with Crippen molar-refractivity contribution in [2.45, 2.75) is 19.0 Å². The lowest BCUT2D eigenvalue weighted by atomic mass is 10.2. The Morgan fingerprint density at radius 3 is 2.67 bits per heavy atom. The van der Waals surface area contributed by atoms with Crippen LogP contribution in [-0.2, 0) is 6.54 Å². The number of hydrogen-bond donors (Lipinski definition) is 1. The molecule has 4 heteroatoms. The van der Waals surface area contributed by atoms with E-state index < -0.39 is 0 Å². The van der Waals surface area contributed by atoms with Crippen molar-refractivity contribution in [1.29, 1.82) is 0 Å². The van der Waals surface area contributed by atoms with Crippen LogP contribution in [0.5, 0.6) is 0 Å². The van der Waals surface area contributed by atoms with Gasteiger partial charge in [0.15, 0.2) is 0 Å². The smallest absolute Gasteiger partial charge is 0.0823 e. The van der Waals surface area contributed by atoms with Crippen molar-refractivity contribution in [1.82, 2.24) is 4.90 Å². The Hall–Kier alpha value is -1.22. The van der Waals surface area contributed by atoms with Gasteiger partial charge in [0.05, 0.1) is 15.7 Å². The number of rotatable bonds is 4. The van der Waals surface area contributed by atoms with Gasteiger partial charge in [0.1, 0.15) is 0 Å². The summed E-state index contributed by atoms with van der Waals surface area (Å²) in [7, 11) is 0. The number of anilines is 1. The molecule has 1 saturated heterocycles. The third-order valence-electron chi connectivity index (χ3n) is 3.83. The van der Waals surface area contributed by atoms with Gasteiger partial charge in [0.25, 0.3) is 0 Å². The van der Waals surface area contributed by atoms with Crippen molar-refractivity contribution in [2.24, 2.45) is 0 Å². The summed E-state index contributed by atoms with van der Waals surface area (Å²) in [5.41, 5.74) is 2.29. The number of likely N-dealkylation sites (tertiary alicyclic amines) is 1. The Morgan fingerprint density at radius 1 is 1.05 bits per heavy atom. The molecule has 1 fully saturated rings. The number of benzene rings is 2. The summed E-state index contributed by atoms with van der Waals surface area (Å²) in [5, 5.41) is 4.72.